The van der Waals surface area contributed by atoms with Crippen LogP contribution >= 0.6 is 24.8 Å². The van der Waals surface area contributed by atoms with Gasteiger partial charge in [0, 0.05) is 43.5 Å². The number of aliphatic hydroxyl groups is 1. The smallest absolute Gasteiger partial charge is 0.257 e. The first-order valence-electron chi connectivity index (χ1n) is 11.1. The molecule has 1 aromatic heterocycles. The van der Waals surface area contributed by atoms with Crippen molar-refractivity contribution in [2.75, 3.05) is 18.8 Å². The zero-order chi connectivity index (χ0) is 21.0. The second-order valence-electron chi connectivity index (χ2n) is 8.72. The summed E-state index contributed by atoms with van der Waals surface area (Å²) in [6, 6.07) is 13.2. The van der Waals surface area contributed by atoms with E-state index in [-0.39, 0.29) is 42.7 Å². The highest BCUT2D eigenvalue weighted by Gasteiger charge is 2.46. The summed E-state index contributed by atoms with van der Waals surface area (Å²) in [7, 11) is 0. The van der Waals surface area contributed by atoms with Crippen LogP contribution in [-0.2, 0) is 16.9 Å². The molecule has 0 spiro atoms. The van der Waals surface area contributed by atoms with Crippen LogP contribution in [0.25, 0.3) is 0 Å². The number of nitrogens with two attached hydrogens (primary N) is 1. The maximum absolute atomic E-state index is 13.3. The topological polar surface area (TPSA) is 91.5 Å². The van der Waals surface area contributed by atoms with Crippen LogP contribution in [-0.4, -0.2) is 40.0 Å². The highest BCUT2D eigenvalue weighted by molar-refractivity contribution is 5.87. The molecule has 176 valence electrons. The van der Waals surface area contributed by atoms with E-state index >= 15 is 0 Å². The first-order valence-corrected chi connectivity index (χ1v) is 11.1. The fourth-order valence-electron chi connectivity index (χ4n) is 4.93. The largest absolute Gasteiger partial charge is 0.399 e. The van der Waals surface area contributed by atoms with E-state index in [0.29, 0.717) is 5.56 Å². The van der Waals surface area contributed by atoms with Gasteiger partial charge in [0.25, 0.3) is 5.91 Å². The van der Waals surface area contributed by atoms with E-state index in [2.05, 4.69) is 15.2 Å². The third-order valence-corrected chi connectivity index (χ3v) is 6.66. The van der Waals surface area contributed by atoms with Crippen molar-refractivity contribution in [2.24, 2.45) is 5.92 Å². The summed E-state index contributed by atoms with van der Waals surface area (Å²) in [6.45, 7) is 2.53. The number of piperidine rings is 1. The lowest BCUT2D eigenvalue weighted by molar-refractivity contribution is -0.148. The van der Waals surface area contributed by atoms with Crippen LogP contribution in [0.4, 0.5) is 5.69 Å². The van der Waals surface area contributed by atoms with E-state index in [1.165, 1.54) is 0 Å². The second-order valence-corrected chi connectivity index (χ2v) is 8.72. The number of pyridine rings is 1. The van der Waals surface area contributed by atoms with Gasteiger partial charge in [0.15, 0.2) is 5.60 Å². The average Bonchev–Trinajstić information content (AvgIpc) is 3.31. The Morgan fingerprint density at radius 2 is 1.75 bits per heavy atom. The summed E-state index contributed by atoms with van der Waals surface area (Å²) < 4.78 is 0. The first-order chi connectivity index (χ1) is 14.6. The summed E-state index contributed by atoms with van der Waals surface area (Å²) >= 11 is 0. The number of nitrogen functional groups attached to an aromatic ring is 1. The molecule has 1 aromatic carbocycles. The van der Waals surface area contributed by atoms with Crippen LogP contribution < -0.4 is 11.1 Å². The van der Waals surface area contributed by atoms with Gasteiger partial charge >= 0.3 is 0 Å². The molecule has 32 heavy (non-hydrogen) atoms. The molecule has 8 heteroatoms. The standard InChI is InChI=1S/C24H32N4O2.2ClH/c25-20-10-13-26-22(16-20)17-28-14-11-21(12-15-28)27-23(29)24(30,19-8-4-5-9-19)18-6-2-1-3-7-18;;/h1-3,6-7,10,13,16,19,21,30H,4-5,8-9,11-12,14-15,17H2,(H2,25,26)(H,27,29);2*1H. The lowest BCUT2D eigenvalue weighted by atomic mass is 9.79. The molecule has 0 radical (unpaired) electrons. The predicted octanol–water partition coefficient (Wildman–Crippen LogP) is 3.67. The van der Waals surface area contributed by atoms with Gasteiger partial charge in [0.05, 0.1) is 5.69 Å². The summed E-state index contributed by atoms with van der Waals surface area (Å²) in [5.74, 6) is -0.258. The first kappa shape index (κ1) is 26.4. The van der Waals surface area contributed by atoms with Gasteiger partial charge in [0.2, 0.25) is 0 Å². The molecule has 4 rings (SSSR count). The highest BCUT2D eigenvalue weighted by atomic mass is 35.5. The van der Waals surface area contributed by atoms with Gasteiger partial charge in [-0.15, -0.1) is 24.8 Å². The number of likely N-dealkylation sites (tertiary alicyclic amines) is 1. The molecule has 1 aliphatic carbocycles. The van der Waals surface area contributed by atoms with Crippen LogP contribution in [0.15, 0.2) is 48.7 Å². The number of aromatic nitrogens is 1. The SMILES string of the molecule is Cl.Cl.Nc1ccnc(CN2CCC(NC(=O)C(O)(c3ccccc3)C3CCCC3)CC2)c1. The van der Waals surface area contributed by atoms with Crippen molar-refractivity contribution in [3.05, 3.63) is 59.9 Å². The van der Waals surface area contributed by atoms with E-state index in [0.717, 1.165) is 69.5 Å². The van der Waals surface area contributed by atoms with Crippen molar-refractivity contribution in [3.63, 3.8) is 0 Å². The molecule has 6 nitrogen and oxygen atoms in total. The minimum Gasteiger partial charge on any atom is -0.399 e. The molecule has 1 aliphatic heterocycles. The Hall–Kier alpha value is -1.86. The number of nitrogens with one attached hydrogen (secondary N) is 1. The minimum absolute atomic E-state index is 0. The molecular formula is C24H34Cl2N4O2. The predicted molar refractivity (Wildman–Crippen MR) is 132 cm³/mol. The lowest BCUT2D eigenvalue weighted by Crippen LogP contribution is -2.54. The van der Waals surface area contributed by atoms with E-state index in [1.807, 2.05) is 36.4 Å². The monoisotopic (exact) mass is 480 g/mol. The highest BCUT2D eigenvalue weighted by Crippen LogP contribution is 2.41. The molecule has 4 N–H and O–H groups in total. The Balaban J connectivity index is 0.00000181. The van der Waals surface area contributed by atoms with Crippen molar-refractivity contribution in [3.8, 4) is 0 Å². The Morgan fingerprint density at radius 1 is 1.09 bits per heavy atom. The van der Waals surface area contributed by atoms with E-state index in [9.17, 15) is 9.90 Å². The molecule has 1 saturated heterocycles. The molecule has 2 heterocycles. The summed E-state index contributed by atoms with van der Waals surface area (Å²) in [4.78, 5) is 20.1. The van der Waals surface area contributed by atoms with Gasteiger partial charge in [-0.05, 0) is 43.4 Å². The number of hydrogen-bond donors (Lipinski definition) is 3. The number of rotatable bonds is 6. The zero-order valence-corrected chi connectivity index (χ0v) is 19.9. The van der Waals surface area contributed by atoms with Crippen molar-refractivity contribution in [1.82, 2.24) is 15.2 Å². The quantitative estimate of drug-likeness (QED) is 0.586. The summed E-state index contributed by atoms with van der Waals surface area (Å²) in [5, 5.41) is 14.8. The number of carbonyl (C=O) groups excluding carboxylic acids is 1. The Bertz CT molecular complexity index is 856. The maximum Gasteiger partial charge on any atom is 0.257 e. The summed E-state index contributed by atoms with van der Waals surface area (Å²) in [6.07, 6.45) is 7.40. The number of halogens is 2. The van der Waals surface area contributed by atoms with E-state index in [4.69, 9.17) is 5.73 Å². The van der Waals surface area contributed by atoms with Crippen LogP contribution in [0.5, 0.6) is 0 Å². The minimum atomic E-state index is -1.44. The third kappa shape index (κ3) is 5.93. The van der Waals surface area contributed by atoms with Gasteiger partial charge in [-0.3, -0.25) is 14.7 Å². The Kier molecular flexibility index (Phi) is 9.77. The average molecular weight is 481 g/mol. The number of amides is 1. The fraction of sp³-hybridized carbons (Fsp3) is 0.500. The number of carbonyl (C=O) groups is 1. The van der Waals surface area contributed by atoms with Crippen molar-refractivity contribution in [2.45, 2.75) is 56.7 Å². The lowest BCUT2D eigenvalue weighted by Gasteiger charge is -2.37. The Morgan fingerprint density at radius 3 is 2.38 bits per heavy atom. The number of benzene rings is 1. The number of anilines is 1. The van der Waals surface area contributed by atoms with Gasteiger partial charge in [0.1, 0.15) is 0 Å². The van der Waals surface area contributed by atoms with Crippen LogP contribution in [0, 0.1) is 5.92 Å². The van der Waals surface area contributed by atoms with Gasteiger partial charge in [-0.1, -0.05) is 43.2 Å². The molecule has 2 fully saturated rings. The molecular weight excluding hydrogens is 447 g/mol. The maximum atomic E-state index is 13.3. The molecule has 1 saturated carbocycles. The molecule has 0 bridgehead atoms. The molecule has 1 unspecified atom stereocenters. The van der Waals surface area contributed by atoms with Gasteiger partial charge < -0.3 is 16.2 Å². The van der Waals surface area contributed by atoms with Crippen molar-refractivity contribution in [1.29, 1.82) is 0 Å². The van der Waals surface area contributed by atoms with E-state index < -0.39 is 5.60 Å². The summed E-state index contributed by atoms with van der Waals surface area (Å²) in [5.41, 5.74) is 6.82. The molecule has 1 amide bonds. The Labute approximate surface area is 202 Å². The number of hydrogen-bond acceptors (Lipinski definition) is 5. The number of nitrogens with zero attached hydrogens (tertiary/aromatic N) is 2. The third-order valence-electron chi connectivity index (χ3n) is 6.66. The van der Waals surface area contributed by atoms with Crippen molar-refractivity contribution >= 4 is 36.4 Å². The normalized spacial score (nSPS) is 19.4. The van der Waals surface area contributed by atoms with E-state index in [1.54, 1.807) is 12.3 Å². The molecule has 2 aromatic rings. The fourth-order valence-corrected chi connectivity index (χ4v) is 4.93. The van der Waals surface area contributed by atoms with Crippen LogP contribution in [0.2, 0.25) is 0 Å². The van der Waals surface area contributed by atoms with Gasteiger partial charge in [-0.25, -0.2) is 0 Å². The zero-order valence-electron chi connectivity index (χ0n) is 18.3. The molecule has 1 atom stereocenters. The van der Waals surface area contributed by atoms with Crippen LogP contribution in [0.3, 0.4) is 0 Å². The van der Waals surface area contributed by atoms with Crippen molar-refractivity contribution < 1.29 is 9.90 Å². The van der Waals surface area contributed by atoms with Gasteiger partial charge in [-0.2, -0.15) is 0 Å². The molecule has 2 aliphatic rings. The van der Waals surface area contributed by atoms with Crippen LogP contribution in [0.1, 0.15) is 49.8 Å². The second kappa shape index (κ2) is 11.8.